The van der Waals surface area contributed by atoms with Crippen molar-refractivity contribution in [3.8, 4) is 0 Å². The Hall–Kier alpha value is -0.830. The second kappa shape index (κ2) is 5.28. The molecule has 0 aromatic heterocycles. The second-order valence-corrected chi connectivity index (χ2v) is 6.53. The molecule has 0 unspecified atom stereocenters. The summed E-state index contributed by atoms with van der Waals surface area (Å²) in [6.45, 7) is 15.2. The van der Waals surface area contributed by atoms with Crippen molar-refractivity contribution in [3.63, 3.8) is 0 Å². The van der Waals surface area contributed by atoms with Crippen molar-refractivity contribution in [2.75, 3.05) is 26.2 Å². The van der Waals surface area contributed by atoms with Crippen LogP contribution in [0.2, 0.25) is 0 Å². The molecule has 2 rings (SSSR count). The van der Waals surface area contributed by atoms with Crippen molar-refractivity contribution >= 4 is 5.78 Å². The van der Waals surface area contributed by atoms with Crippen molar-refractivity contribution < 1.29 is 4.79 Å². The van der Waals surface area contributed by atoms with Crippen LogP contribution >= 0.6 is 0 Å². The first-order valence-electron chi connectivity index (χ1n) is 7.63. The number of likely N-dealkylation sites (N-methyl/N-ethyl adjacent to an activating group) is 1. The monoisotopic (exact) mass is 264 g/mol. The molecule has 3 heteroatoms. The van der Waals surface area contributed by atoms with Gasteiger partial charge in [-0.15, -0.1) is 0 Å². The SMILES string of the molecule is CCN(CC)CCN/C(C)=C1\C(=O)C[C@@H]2[C@H]1C2(C)C. The van der Waals surface area contributed by atoms with Gasteiger partial charge in [-0.2, -0.15) is 0 Å². The number of rotatable bonds is 6. The average molecular weight is 264 g/mol. The van der Waals surface area contributed by atoms with Crippen molar-refractivity contribution in [3.05, 3.63) is 11.3 Å². The number of carbonyl (C=O) groups is 1. The number of nitrogens with one attached hydrogen (secondary N) is 1. The normalized spacial score (nSPS) is 30.5. The molecular weight excluding hydrogens is 236 g/mol. The minimum absolute atomic E-state index is 0.352. The first-order valence-corrected chi connectivity index (χ1v) is 7.63. The molecule has 0 spiro atoms. The summed E-state index contributed by atoms with van der Waals surface area (Å²) in [6, 6.07) is 0. The zero-order valence-corrected chi connectivity index (χ0v) is 13.0. The fourth-order valence-electron chi connectivity index (χ4n) is 3.66. The number of hydrogen-bond donors (Lipinski definition) is 1. The summed E-state index contributed by atoms with van der Waals surface area (Å²) in [5.74, 6) is 1.50. The van der Waals surface area contributed by atoms with E-state index in [4.69, 9.17) is 0 Å². The summed E-state index contributed by atoms with van der Waals surface area (Å²) in [5.41, 5.74) is 2.56. The van der Waals surface area contributed by atoms with Crippen LogP contribution in [0.15, 0.2) is 11.3 Å². The lowest BCUT2D eigenvalue weighted by atomic mass is 9.95. The molecular formula is C16H28N2O. The Morgan fingerprint density at radius 2 is 2.00 bits per heavy atom. The van der Waals surface area contributed by atoms with Gasteiger partial charge in [-0.3, -0.25) is 4.79 Å². The molecule has 2 saturated carbocycles. The van der Waals surface area contributed by atoms with Crippen molar-refractivity contribution in [1.29, 1.82) is 0 Å². The minimum atomic E-state index is 0.352. The molecule has 2 fully saturated rings. The standard InChI is InChI=1S/C16H28N2O/c1-6-18(7-2)9-8-17-11(3)14-13(19)10-12-15(14)16(12,4)5/h12,15,17H,6-10H2,1-5H3/b14-11+/t12-,15-/m1/s1. The summed E-state index contributed by atoms with van der Waals surface area (Å²) < 4.78 is 0. The Balaban J connectivity index is 1.93. The maximum Gasteiger partial charge on any atom is 0.161 e. The Kier molecular flexibility index (Phi) is 4.05. The number of fused-ring (bicyclic) bond motifs is 1. The third-order valence-electron chi connectivity index (χ3n) is 5.18. The highest BCUT2D eigenvalue weighted by atomic mass is 16.1. The van der Waals surface area contributed by atoms with Gasteiger partial charge in [-0.05, 0) is 37.3 Å². The average Bonchev–Trinajstić information content (AvgIpc) is 2.74. The predicted octanol–water partition coefficient (Wildman–Crippen LogP) is 2.44. The summed E-state index contributed by atoms with van der Waals surface area (Å²) >= 11 is 0. The van der Waals surface area contributed by atoms with E-state index in [1.807, 2.05) is 0 Å². The topological polar surface area (TPSA) is 32.3 Å². The molecule has 0 radical (unpaired) electrons. The molecule has 2 atom stereocenters. The fourth-order valence-corrected chi connectivity index (χ4v) is 3.66. The Labute approximate surface area is 117 Å². The van der Waals surface area contributed by atoms with Crippen LogP contribution in [0.5, 0.6) is 0 Å². The summed E-state index contributed by atoms with van der Waals surface area (Å²) in [4.78, 5) is 14.4. The molecule has 0 bridgehead atoms. The number of nitrogens with zero attached hydrogens (tertiary/aromatic N) is 1. The van der Waals surface area contributed by atoms with Gasteiger partial charge in [0.15, 0.2) is 5.78 Å². The first-order chi connectivity index (χ1) is 8.93. The molecule has 2 aliphatic carbocycles. The van der Waals surface area contributed by atoms with Gasteiger partial charge in [0.2, 0.25) is 0 Å². The number of hydrogen-bond acceptors (Lipinski definition) is 3. The van der Waals surface area contributed by atoms with Crippen molar-refractivity contribution in [1.82, 2.24) is 10.2 Å². The fraction of sp³-hybridized carbons (Fsp3) is 0.812. The predicted molar refractivity (Wildman–Crippen MR) is 78.9 cm³/mol. The highest BCUT2D eigenvalue weighted by Gasteiger charge is 2.65. The van der Waals surface area contributed by atoms with Gasteiger partial charge in [-0.1, -0.05) is 27.7 Å². The molecule has 3 nitrogen and oxygen atoms in total. The second-order valence-electron chi connectivity index (χ2n) is 6.53. The molecule has 1 N–H and O–H groups in total. The zero-order chi connectivity index (χ0) is 14.2. The molecule has 2 aliphatic rings. The van der Waals surface area contributed by atoms with Crippen LogP contribution in [0.25, 0.3) is 0 Å². The van der Waals surface area contributed by atoms with Crippen molar-refractivity contribution in [2.45, 2.75) is 41.0 Å². The smallest absolute Gasteiger partial charge is 0.161 e. The Bertz CT molecular complexity index is 394. The van der Waals surface area contributed by atoms with Crippen LogP contribution in [0.3, 0.4) is 0 Å². The van der Waals surface area contributed by atoms with Gasteiger partial charge >= 0.3 is 0 Å². The maximum atomic E-state index is 12.0. The van der Waals surface area contributed by atoms with Gasteiger partial charge in [-0.25, -0.2) is 0 Å². The number of ketones is 1. The third-order valence-corrected chi connectivity index (χ3v) is 5.18. The van der Waals surface area contributed by atoms with Crippen LogP contribution in [0.1, 0.15) is 41.0 Å². The highest BCUT2D eigenvalue weighted by molar-refractivity contribution is 6.01. The molecule has 108 valence electrons. The van der Waals surface area contributed by atoms with E-state index in [0.717, 1.165) is 43.9 Å². The van der Waals surface area contributed by atoms with E-state index in [0.29, 0.717) is 23.0 Å². The van der Waals surface area contributed by atoms with Gasteiger partial charge in [0.05, 0.1) is 0 Å². The summed E-state index contributed by atoms with van der Waals surface area (Å²) in [7, 11) is 0. The van der Waals surface area contributed by atoms with E-state index in [1.54, 1.807) is 0 Å². The third kappa shape index (κ3) is 2.58. The van der Waals surface area contributed by atoms with Crippen LogP contribution in [-0.2, 0) is 4.79 Å². The van der Waals surface area contributed by atoms with Crippen molar-refractivity contribution in [2.24, 2.45) is 17.3 Å². The molecule has 0 heterocycles. The van der Waals surface area contributed by atoms with E-state index in [1.165, 1.54) is 0 Å². The van der Waals surface area contributed by atoms with Gasteiger partial charge in [0.1, 0.15) is 0 Å². The first kappa shape index (κ1) is 14.6. The van der Waals surface area contributed by atoms with Gasteiger partial charge in [0.25, 0.3) is 0 Å². The van der Waals surface area contributed by atoms with Crippen LogP contribution in [0.4, 0.5) is 0 Å². The lowest BCUT2D eigenvalue weighted by molar-refractivity contribution is -0.115. The molecule has 0 aliphatic heterocycles. The van der Waals surface area contributed by atoms with Crippen LogP contribution < -0.4 is 5.32 Å². The molecule has 0 saturated heterocycles. The summed E-state index contributed by atoms with van der Waals surface area (Å²) in [6.07, 6.45) is 0.766. The number of Topliss-reactive ketones (excluding diaryl/α,β-unsaturated/α-hetero) is 1. The molecule has 0 aromatic rings. The largest absolute Gasteiger partial charge is 0.387 e. The number of carbonyl (C=O) groups excluding carboxylic acids is 1. The van der Waals surface area contributed by atoms with E-state index in [2.05, 4.69) is 44.8 Å². The lowest BCUT2D eigenvalue weighted by Gasteiger charge is -2.20. The van der Waals surface area contributed by atoms with E-state index >= 15 is 0 Å². The lowest BCUT2D eigenvalue weighted by Crippen LogP contribution is -2.32. The van der Waals surface area contributed by atoms with E-state index < -0.39 is 0 Å². The van der Waals surface area contributed by atoms with E-state index in [9.17, 15) is 4.79 Å². The zero-order valence-electron chi connectivity index (χ0n) is 13.0. The minimum Gasteiger partial charge on any atom is -0.387 e. The Morgan fingerprint density at radius 3 is 2.53 bits per heavy atom. The van der Waals surface area contributed by atoms with E-state index in [-0.39, 0.29) is 0 Å². The van der Waals surface area contributed by atoms with Gasteiger partial charge in [0, 0.05) is 30.8 Å². The van der Waals surface area contributed by atoms with Crippen LogP contribution in [-0.4, -0.2) is 36.9 Å². The summed E-state index contributed by atoms with van der Waals surface area (Å²) in [5, 5.41) is 3.47. The number of allylic oxidation sites excluding steroid dienone is 2. The molecule has 19 heavy (non-hydrogen) atoms. The van der Waals surface area contributed by atoms with Crippen LogP contribution in [0, 0.1) is 17.3 Å². The molecule has 0 aromatic carbocycles. The van der Waals surface area contributed by atoms with Gasteiger partial charge < -0.3 is 10.2 Å². The molecule has 0 amide bonds. The highest BCUT2D eigenvalue weighted by Crippen LogP contribution is 2.68. The Morgan fingerprint density at radius 1 is 1.37 bits per heavy atom. The quantitative estimate of drug-likeness (QED) is 0.748. The maximum absolute atomic E-state index is 12.0.